The van der Waals surface area contributed by atoms with Gasteiger partial charge in [0.15, 0.2) is 0 Å². The first-order valence-electron chi connectivity index (χ1n) is 5.20. The summed E-state index contributed by atoms with van der Waals surface area (Å²) in [4.78, 5) is 34.8. The summed E-state index contributed by atoms with van der Waals surface area (Å²) in [7, 11) is 0. The summed E-state index contributed by atoms with van der Waals surface area (Å²) in [5, 5.41) is 13.8. The Hall–Kier alpha value is -2.05. The maximum Gasteiger partial charge on any atom is 0.326 e. The highest BCUT2D eigenvalue weighted by Crippen LogP contribution is 1.98. The molecule has 0 radical (unpaired) electrons. The second-order valence-electron chi connectivity index (χ2n) is 3.64. The molecule has 0 aromatic carbocycles. The Morgan fingerprint density at radius 2 is 2.35 bits per heavy atom. The second kappa shape index (κ2) is 5.88. The first-order chi connectivity index (χ1) is 8.04. The average Bonchev–Trinajstić information content (AvgIpc) is 2.28. The van der Waals surface area contributed by atoms with Crippen molar-refractivity contribution >= 4 is 17.9 Å². The van der Waals surface area contributed by atoms with E-state index in [0.29, 0.717) is 13.1 Å². The first-order valence-corrected chi connectivity index (χ1v) is 5.20. The molecule has 0 aliphatic carbocycles. The van der Waals surface area contributed by atoms with Gasteiger partial charge in [0.25, 0.3) is 0 Å². The van der Waals surface area contributed by atoms with Gasteiger partial charge in [-0.3, -0.25) is 4.79 Å². The number of carbonyl (C=O) groups excluding carboxylic acids is 2. The largest absolute Gasteiger partial charge is 0.480 e. The number of carboxylic acid groups (broad SMARTS) is 1. The van der Waals surface area contributed by atoms with E-state index in [9.17, 15) is 14.4 Å². The Balaban J connectivity index is 2.54. The van der Waals surface area contributed by atoms with Crippen molar-refractivity contribution < 1.29 is 19.5 Å². The number of carboxylic acids is 1. The van der Waals surface area contributed by atoms with E-state index in [0.717, 1.165) is 0 Å². The van der Waals surface area contributed by atoms with Gasteiger partial charge in [-0.05, 0) is 6.42 Å². The van der Waals surface area contributed by atoms with Crippen molar-refractivity contribution in [3.63, 3.8) is 0 Å². The third-order valence-electron chi connectivity index (χ3n) is 2.32. The summed E-state index contributed by atoms with van der Waals surface area (Å²) in [6.45, 7) is 4.13. The monoisotopic (exact) mass is 241 g/mol. The molecular formula is C10H15N3O4. The van der Waals surface area contributed by atoms with E-state index in [4.69, 9.17) is 5.11 Å². The molecule has 0 spiro atoms. The molecule has 7 nitrogen and oxygen atoms in total. The molecule has 1 aliphatic rings. The van der Waals surface area contributed by atoms with Gasteiger partial charge in [0.05, 0.1) is 0 Å². The van der Waals surface area contributed by atoms with Crippen LogP contribution in [0.5, 0.6) is 0 Å². The van der Waals surface area contributed by atoms with Crippen molar-refractivity contribution in [1.29, 1.82) is 0 Å². The van der Waals surface area contributed by atoms with Crippen molar-refractivity contribution in [2.75, 3.05) is 19.6 Å². The Labute approximate surface area is 98.5 Å². The standard InChI is InChI=1S/C10H15N3O4/c1-2-3-7(9(15)16)12-10(17)13-5-4-11-8(14)6-13/h2,7H,1,3-6H2,(H,11,14)(H,12,17)(H,15,16). The zero-order valence-corrected chi connectivity index (χ0v) is 9.31. The molecule has 0 saturated carbocycles. The van der Waals surface area contributed by atoms with Crippen molar-refractivity contribution in [2.24, 2.45) is 0 Å². The van der Waals surface area contributed by atoms with Crippen molar-refractivity contribution in [3.05, 3.63) is 12.7 Å². The minimum Gasteiger partial charge on any atom is -0.480 e. The summed E-state index contributed by atoms with van der Waals surface area (Å²) in [6, 6.07) is -1.56. The van der Waals surface area contributed by atoms with Crippen LogP contribution in [0.1, 0.15) is 6.42 Å². The number of amides is 3. The zero-order valence-electron chi connectivity index (χ0n) is 9.31. The minimum absolute atomic E-state index is 0.0493. The SMILES string of the molecule is C=CCC(NC(=O)N1CCNC(=O)C1)C(=O)O. The van der Waals surface area contributed by atoms with Gasteiger partial charge in [0, 0.05) is 13.1 Å². The smallest absolute Gasteiger partial charge is 0.326 e. The van der Waals surface area contributed by atoms with Crippen molar-refractivity contribution in [2.45, 2.75) is 12.5 Å². The van der Waals surface area contributed by atoms with E-state index in [2.05, 4.69) is 17.2 Å². The summed E-state index contributed by atoms with van der Waals surface area (Å²) < 4.78 is 0. The van der Waals surface area contributed by atoms with Gasteiger partial charge in [-0.15, -0.1) is 6.58 Å². The number of nitrogens with one attached hydrogen (secondary N) is 2. The normalized spacial score (nSPS) is 16.9. The fourth-order valence-corrected chi connectivity index (χ4v) is 1.44. The van der Waals surface area contributed by atoms with E-state index < -0.39 is 18.0 Å². The Kier molecular flexibility index (Phi) is 4.50. The van der Waals surface area contributed by atoms with Gasteiger partial charge in [0.2, 0.25) is 5.91 Å². The van der Waals surface area contributed by atoms with Gasteiger partial charge < -0.3 is 20.6 Å². The maximum absolute atomic E-state index is 11.7. The van der Waals surface area contributed by atoms with Gasteiger partial charge >= 0.3 is 12.0 Å². The van der Waals surface area contributed by atoms with E-state index in [1.54, 1.807) is 0 Å². The maximum atomic E-state index is 11.7. The topological polar surface area (TPSA) is 98.7 Å². The van der Waals surface area contributed by atoms with Crippen LogP contribution in [0.3, 0.4) is 0 Å². The molecule has 1 aliphatic heterocycles. The predicted molar refractivity (Wildman–Crippen MR) is 59.4 cm³/mol. The van der Waals surface area contributed by atoms with Crippen molar-refractivity contribution in [3.8, 4) is 0 Å². The molecule has 1 heterocycles. The number of hydrogen-bond donors (Lipinski definition) is 3. The summed E-state index contributed by atoms with van der Waals surface area (Å²) >= 11 is 0. The number of piperazine rings is 1. The van der Waals surface area contributed by atoms with E-state index in [1.165, 1.54) is 11.0 Å². The fourth-order valence-electron chi connectivity index (χ4n) is 1.44. The summed E-state index contributed by atoms with van der Waals surface area (Å²) in [5.74, 6) is -1.37. The van der Waals surface area contributed by atoms with E-state index in [-0.39, 0.29) is 18.9 Å². The van der Waals surface area contributed by atoms with Crippen molar-refractivity contribution in [1.82, 2.24) is 15.5 Å². The molecule has 0 aromatic heterocycles. The molecular weight excluding hydrogens is 226 g/mol. The molecule has 94 valence electrons. The lowest BCUT2D eigenvalue weighted by Crippen LogP contribution is -2.55. The Morgan fingerprint density at radius 3 is 2.88 bits per heavy atom. The third-order valence-corrected chi connectivity index (χ3v) is 2.32. The third kappa shape index (κ3) is 3.78. The minimum atomic E-state index is -1.13. The highest BCUT2D eigenvalue weighted by Gasteiger charge is 2.25. The van der Waals surface area contributed by atoms with Crippen LogP contribution in [-0.2, 0) is 9.59 Å². The van der Waals surface area contributed by atoms with Gasteiger partial charge in [-0.2, -0.15) is 0 Å². The highest BCUT2D eigenvalue weighted by atomic mass is 16.4. The molecule has 1 atom stereocenters. The Bertz CT molecular complexity index is 342. The van der Waals surface area contributed by atoms with Crippen LogP contribution in [0, 0.1) is 0 Å². The highest BCUT2D eigenvalue weighted by molar-refractivity contribution is 5.87. The molecule has 1 rings (SSSR count). The molecule has 0 aromatic rings. The molecule has 3 amide bonds. The van der Waals surface area contributed by atoms with Crippen LogP contribution in [0.2, 0.25) is 0 Å². The van der Waals surface area contributed by atoms with Crippen LogP contribution < -0.4 is 10.6 Å². The number of nitrogens with zero attached hydrogens (tertiary/aromatic N) is 1. The second-order valence-corrected chi connectivity index (χ2v) is 3.64. The molecule has 3 N–H and O–H groups in total. The molecule has 1 fully saturated rings. The van der Waals surface area contributed by atoms with Crippen LogP contribution >= 0.6 is 0 Å². The number of aliphatic carboxylic acids is 1. The molecule has 1 unspecified atom stereocenters. The lowest BCUT2D eigenvalue weighted by atomic mass is 10.2. The average molecular weight is 241 g/mol. The van der Waals surface area contributed by atoms with Crippen LogP contribution in [0.25, 0.3) is 0 Å². The van der Waals surface area contributed by atoms with Crippen LogP contribution in [0.4, 0.5) is 4.79 Å². The van der Waals surface area contributed by atoms with Gasteiger partial charge in [0.1, 0.15) is 12.6 Å². The van der Waals surface area contributed by atoms with Crippen LogP contribution in [-0.4, -0.2) is 53.6 Å². The van der Waals surface area contributed by atoms with Gasteiger partial charge in [-0.25, -0.2) is 9.59 Å². The lowest BCUT2D eigenvalue weighted by molar-refractivity contribution is -0.139. The van der Waals surface area contributed by atoms with Gasteiger partial charge in [-0.1, -0.05) is 6.08 Å². The molecule has 1 saturated heterocycles. The number of hydrogen-bond acceptors (Lipinski definition) is 3. The summed E-state index contributed by atoms with van der Waals surface area (Å²) in [5.41, 5.74) is 0. The summed E-state index contributed by atoms with van der Waals surface area (Å²) in [6.07, 6.45) is 1.56. The van der Waals surface area contributed by atoms with E-state index >= 15 is 0 Å². The quantitative estimate of drug-likeness (QED) is 0.559. The lowest BCUT2D eigenvalue weighted by Gasteiger charge is -2.27. The molecule has 7 heteroatoms. The Morgan fingerprint density at radius 1 is 1.65 bits per heavy atom. The zero-order chi connectivity index (χ0) is 12.8. The fraction of sp³-hybridized carbons (Fsp3) is 0.500. The van der Waals surface area contributed by atoms with Crippen LogP contribution in [0.15, 0.2) is 12.7 Å². The molecule has 0 bridgehead atoms. The number of urea groups is 1. The number of carbonyl (C=O) groups is 3. The molecule has 17 heavy (non-hydrogen) atoms. The predicted octanol–water partition coefficient (Wildman–Crippen LogP) is -0.843. The first kappa shape index (κ1) is 13.0. The number of rotatable bonds is 4. The van der Waals surface area contributed by atoms with E-state index in [1.807, 2.05) is 0 Å².